The van der Waals surface area contributed by atoms with Gasteiger partial charge in [0, 0.05) is 5.38 Å². The molecule has 2 atom stereocenters. The minimum atomic E-state index is 0.169. The fourth-order valence-electron chi connectivity index (χ4n) is 3.32. The molecule has 1 aromatic heterocycles. The predicted molar refractivity (Wildman–Crippen MR) is 83.8 cm³/mol. The van der Waals surface area contributed by atoms with Gasteiger partial charge in [-0.05, 0) is 37.6 Å². The third kappa shape index (κ3) is 2.87. The highest BCUT2D eigenvalue weighted by molar-refractivity contribution is 7.09. The minimum Gasteiger partial charge on any atom is -0.305 e. The van der Waals surface area contributed by atoms with E-state index < -0.39 is 0 Å². The molecule has 0 aliphatic heterocycles. The largest absolute Gasteiger partial charge is 0.305 e. The zero-order valence-electron chi connectivity index (χ0n) is 12.8. The van der Waals surface area contributed by atoms with E-state index in [2.05, 4.69) is 38.4 Å². The van der Waals surface area contributed by atoms with Gasteiger partial charge in [-0.3, -0.25) is 0 Å². The molecule has 2 rings (SSSR count). The van der Waals surface area contributed by atoms with Crippen LogP contribution in [-0.2, 0) is 5.54 Å². The molecular formula is C16H28N2S. The predicted octanol–water partition coefficient (Wildman–Crippen LogP) is 4.67. The van der Waals surface area contributed by atoms with Gasteiger partial charge in [0.15, 0.2) is 0 Å². The van der Waals surface area contributed by atoms with E-state index in [1.54, 1.807) is 0 Å². The Bertz CT molecular complexity index is 399. The molecule has 0 spiro atoms. The number of nitrogens with one attached hydrogen (secondary N) is 1. The second-order valence-electron chi connectivity index (χ2n) is 6.13. The van der Waals surface area contributed by atoms with Gasteiger partial charge < -0.3 is 5.32 Å². The first-order valence-corrected chi connectivity index (χ1v) is 8.73. The van der Waals surface area contributed by atoms with Crippen molar-refractivity contribution in [1.82, 2.24) is 10.3 Å². The Kier molecular flexibility index (Phi) is 5.02. The van der Waals surface area contributed by atoms with Crippen molar-refractivity contribution in [3.8, 4) is 0 Å². The summed E-state index contributed by atoms with van der Waals surface area (Å²) in [5.74, 6) is 1.29. The molecule has 0 saturated heterocycles. The summed E-state index contributed by atoms with van der Waals surface area (Å²) in [4.78, 5) is 4.97. The SMILES string of the molecule is CCCNC1(c2nc(C(C)C)cs2)CCCC1CC. The second-order valence-corrected chi connectivity index (χ2v) is 6.99. The molecule has 19 heavy (non-hydrogen) atoms. The van der Waals surface area contributed by atoms with Crippen molar-refractivity contribution in [2.45, 2.75) is 71.3 Å². The molecule has 0 radical (unpaired) electrons. The molecule has 1 heterocycles. The van der Waals surface area contributed by atoms with Crippen molar-refractivity contribution >= 4 is 11.3 Å². The molecule has 1 aliphatic carbocycles. The Hall–Kier alpha value is -0.410. The lowest BCUT2D eigenvalue weighted by atomic mass is 9.85. The van der Waals surface area contributed by atoms with E-state index in [9.17, 15) is 0 Å². The molecular weight excluding hydrogens is 252 g/mol. The van der Waals surface area contributed by atoms with Crippen LogP contribution in [0.2, 0.25) is 0 Å². The van der Waals surface area contributed by atoms with Gasteiger partial charge in [-0.25, -0.2) is 4.98 Å². The van der Waals surface area contributed by atoms with Crippen molar-refractivity contribution in [3.63, 3.8) is 0 Å². The van der Waals surface area contributed by atoms with Crippen LogP contribution in [0, 0.1) is 5.92 Å². The number of nitrogens with zero attached hydrogens (tertiary/aromatic N) is 1. The first-order chi connectivity index (χ1) is 9.14. The molecule has 0 aromatic carbocycles. The van der Waals surface area contributed by atoms with Crippen LogP contribution in [0.3, 0.4) is 0 Å². The Balaban J connectivity index is 2.30. The molecule has 1 aliphatic rings. The van der Waals surface area contributed by atoms with Crippen LogP contribution in [0.25, 0.3) is 0 Å². The Morgan fingerprint density at radius 2 is 2.26 bits per heavy atom. The summed E-state index contributed by atoms with van der Waals surface area (Å²) in [5, 5.41) is 7.47. The van der Waals surface area contributed by atoms with E-state index in [1.807, 2.05) is 11.3 Å². The molecule has 1 saturated carbocycles. The number of hydrogen-bond donors (Lipinski definition) is 1. The van der Waals surface area contributed by atoms with Crippen LogP contribution in [0.5, 0.6) is 0 Å². The lowest BCUT2D eigenvalue weighted by molar-refractivity contribution is 0.240. The second kappa shape index (κ2) is 6.36. The average Bonchev–Trinajstić information content (AvgIpc) is 3.03. The lowest BCUT2D eigenvalue weighted by Gasteiger charge is -2.34. The summed E-state index contributed by atoms with van der Waals surface area (Å²) in [6, 6.07) is 0. The third-order valence-corrected chi connectivity index (χ3v) is 5.54. The van der Waals surface area contributed by atoms with Gasteiger partial charge in [-0.2, -0.15) is 0 Å². The summed E-state index contributed by atoms with van der Waals surface area (Å²) in [7, 11) is 0. The number of thiazole rings is 1. The fraction of sp³-hybridized carbons (Fsp3) is 0.812. The van der Waals surface area contributed by atoms with Crippen molar-refractivity contribution in [1.29, 1.82) is 0 Å². The quantitative estimate of drug-likeness (QED) is 0.819. The van der Waals surface area contributed by atoms with Gasteiger partial charge in [0.1, 0.15) is 5.01 Å². The van der Waals surface area contributed by atoms with Crippen LogP contribution in [0.4, 0.5) is 0 Å². The van der Waals surface area contributed by atoms with Gasteiger partial charge in [0.25, 0.3) is 0 Å². The number of aromatic nitrogens is 1. The molecule has 0 bridgehead atoms. The molecule has 1 N–H and O–H groups in total. The zero-order valence-corrected chi connectivity index (χ0v) is 13.6. The molecule has 108 valence electrons. The van der Waals surface area contributed by atoms with E-state index in [0.717, 1.165) is 12.5 Å². The fourth-order valence-corrected chi connectivity index (χ4v) is 4.59. The molecule has 1 fully saturated rings. The van der Waals surface area contributed by atoms with Gasteiger partial charge in [-0.15, -0.1) is 11.3 Å². The van der Waals surface area contributed by atoms with Crippen molar-refractivity contribution in [2.24, 2.45) is 5.92 Å². The van der Waals surface area contributed by atoms with Crippen LogP contribution in [0.15, 0.2) is 5.38 Å². The zero-order chi connectivity index (χ0) is 13.9. The maximum atomic E-state index is 4.97. The summed E-state index contributed by atoms with van der Waals surface area (Å²) in [6.45, 7) is 10.1. The highest BCUT2D eigenvalue weighted by Gasteiger charge is 2.44. The number of hydrogen-bond acceptors (Lipinski definition) is 3. The van der Waals surface area contributed by atoms with E-state index in [-0.39, 0.29) is 5.54 Å². The van der Waals surface area contributed by atoms with Crippen molar-refractivity contribution < 1.29 is 0 Å². The van der Waals surface area contributed by atoms with E-state index in [0.29, 0.717) is 5.92 Å². The van der Waals surface area contributed by atoms with Crippen molar-refractivity contribution in [3.05, 3.63) is 16.1 Å². The van der Waals surface area contributed by atoms with Crippen LogP contribution >= 0.6 is 11.3 Å². The minimum absolute atomic E-state index is 0.169. The van der Waals surface area contributed by atoms with Gasteiger partial charge >= 0.3 is 0 Å². The van der Waals surface area contributed by atoms with Gasteiger partial charge in [0.05, 0.1) is 11.2 Å². The maximum Gasteiger partial charge on any atom is 0.113 e. The molecule has 2 unspecified atom stereocenters. The van der Waals surface area contributed by atoms with Gasteiger partial charge in [0.2, 0.25) is 0 Å². The monoisotopic (exact) mass is 280 g/mol. The highest BCUT2D eigenvalue weighted by Crippen LogP contribution is 2.46. The maximum absolute atomic E-state index is 4.97. The summed E-state index contributed by atoms with van der Waals surface area (Å²) < 4.78 is 0. The lowest BCUT2D eigenvalue weighted by Crippen LogP contribution is -2.45. The van der Waals surface area contributed by atoms with E-state index in [1.165, 1.54) is 42.8 Å². The molecule has 0 amide bonds. The Morgan fingerprint density at radius 1 is 1.47 bits per heavy atom. The van der Waals surface area contributed by atoms with Crippen molar-refractivity contribution in [2.75, 3.05) is 6.54 Å². The topological polar surface area (TPSA) is 24.9 Å². The van der Waals surface area contributed by atoms with Crippen LogP contribution in [-0.4, -0.2) is 11.5 Å². The Morgan fingerprint density at radius 3 is 2.84 bits per heavy atom. The van der Waals surface area contributed by atoms with Gasteiger partial charge in [-0.1, -0.05) is 40.5 Å². The summed E-state index contributed by atoms with van der Waals surface area (Å²) in [6.07, 6.45) is 6.40. The molecule has 1 aromatic rings. The van der Waals surface area contributed by atoms with Crippen LogP contribution in [0.1, 0.15) is 76.4 Å². The van der Waals surface area contributed by atoms with E-state index in [4.69, 9.17) is 4.98 Å². The Labute approximate surface area is 122 Å². The average molecular weight is 280 g/mol. The number of rotatable bonds is 6. The van der Waals surface area contributed by atoms with E-state index >= 15 is 0 Å². The highest BCUT2D eigenvalue weighted by atomic mass is 32.1. The normalized spacial score (nSPS) is 27.3. The van der Waals surface area contributed by atoms with Crippen LogP contribution < -0.4 is 5.32 Å². The first kappa shape index (κ1) is 15.0. The smallest absolute Gasteiger partial charge is 0.113 e. The molecule has 3 heteroatoms. The third-order valence-electron chi connectivity index (χ3n) is 4.50. The standard InChI is InChI=1S/C16H28N2S/c1-5-10-17-16(9-7-8-13(16)6-2)15-18-14(11-19-15)12(3)4/h11-13,17H,5-10H2,1-4H3. The summed E-state index contributed by atoms with van der Waals surface area (Å²) in [5.41, 5.74) is 1.43. The first-order valence-electron chi connectivity index (χ1n) is 7.85. The molecule has 2 nitrogen and oxygen atoms in total. The summed E-state index contributed by atoms with van der Waals surface area (Å²) >= 11 is 1.87.